The zero-order valence-electron chi connectivity index (χ0n) is 8.21. The Labute approximate surface area is 75.8 Å². The quantitative estimate of drug-likeness (QED) is 0.579. The molecule has 1 aliphatic rings. The third kappa shape index (κ3) is 2.72. The molecule has 0 N–H and O–H groups in total. The van der Waals surface area contributed by atoms with E-state index in [0.717, 1.165) is 6.54 Å². The highest BCUT2D eigenvalue weighted by Gasteiger charge is 2.04. The zero-order chi connectivity index (χ0) is 8.81. The van der Waals surface area contributed by atoms with Gasteiger partial charge in [0.05, 0.1) is 0 Å². The van der Waals surface area contributed by atoms with Gasteiger partial charge in [0.25, 0.3) is 0 Å². The van der Waals surface area contributed by atoms with Gasteiger partial charge in [-0.25, -0.2) is 0 Å². The first-order chi connectivity index (χ1) is 5.84. The molecular formula is C11H19N. The summed E-state index contributed by atoms with van der Waals surface area (Å²) in [5, 5.41) is 0. The molecule has 0 amide bonds. The minimum Gasteiger partial charge on any atom is -0.371 e. The first-order valence-electron chi connectivity index (χ1n) is 4.93. The molecule has 1 heterocycles. The molecule has 1 aliphatic heterocycles. The van der Waals surface area contributed by atoms with Crippen molar-refractivity contribution in [1.29, 1.82) is 0 Å². The standard InChI is InChI=1S/C11H19N/c1-3-4-6-9-12-10-7-5-8-11(12)2/h5,7-8H,3-4,6,9-10H2,1-2H3. The molecule has 0 radical (unpaired) electrons. The van der Waals surface area contributed by atoms with Crippen molar-refractivity contribution < 1.29 is 0 Å². The van der Waals surface area contributed by atoms with E-state index in [1.165, 1.54) is 31.5 Å². The highest BCUT2D eigenvalue weighted by atomic mass is 15.1. The lowest BCUT2D eigenvalue weighted by Gasteiger charge is -2.25. The number of rotatable bonds is 4. The Morgan fingerprint density at radius 1 is 1.42 bits per heavy atom. The van der Waals surface area contributed by atoms with Crippen LogP contribution < -0.4 is 0 Å². The average molecular weight is 165 g/mol. The average Bonchev–Trinajstić information content (AvgIpc) is 2.09. The third-order valence-corrected chi connectivity index (χ3v) is 2.33. The van der Waals surface area contributed by atoms with Gasteiger partial charge in [0.15, 0.2) is 0 Å². The van der Waals surface area contributed by atoms with E-state index in [1.54, 1.807) is 0 Å². The van der Waals surface area contributed by atoms with Crippen molar-refractivity contribution in [3.05, 3.63) is 23.9 Å². The minimum absolute atomic E-state index is 1.10. The first kappa shape index (κ1) is 9.37. The van der Waals surface area contributed by atoms with Crippen LogP contribution in [0.2, 0.25) is 0 Å². The summed E-state index contributed by atoms with van der Waals surface area (Å²) in [4.78, 5) is 2.44. The Balaban J connectivity index is 2.24. The lowest BCUT2D eigenvalue weighted by molar-refractivity contribution is 0.364. The summed E-state index contributed by atoms with van der Waals surface area (Å²) in [5.74, 6) is 0. The van der Waals surface area contributed by atoms with Gasteiger partial charge < -0.3 is 4.90 Å². The van der Waals surface area contributed by atoms with Gasteiger partial charge in [-0.1, -0.05) is 31.9 Å². The lowest BCUT2D eigenvalue weighted by Crippen LogP contribution is -2.24. The zero-order valence-corrected chi connectivity index (χ0v) is 8.21. The van der Waals surface area contributed by atoms with Crippen LogP contribution in [0.3, 0.4) is 0 Å². The monoisotopic (exact) mass is 165 g/mol. The second kappa shape index (κ2) is 5.02. The fraction of sp³-hybridized carbons (Fsp3) is 0.636. The number of allylic oxidation sites excluding steroid dienone is 3. The molecule has 0 aromatic rings. The SMILES string of the molecule is CCCCCN1CC=CC=C1C. The van der Waals surface area contributed by atoms with Gasteiger partial charge in [-0.15, -0.1) is 0 Å². The van der Waals surface area contributed by atoms with Gasteiger partial charge in [0.1, 0.15) is 0 Å². The van der Waals surface area contributed by atoms with Crippen molar-refractivity contribution in [2.45, 2.75) is 33.1 Å². The fourth-order valence-corrected chi connectivity index (χ4v) is 1.47. The molecule has 1 rings (SSSR count). The van der Waals surface area contributed by atoms with Crippen molar-refractivity contribution in [2.75, 3.05) is 13.1 Å². The molecule has 68 valence electrons. The summed E-state index contributed by atoms with van der Waals surface area (Å²) < 4.78 is 0. The summed E-state index contributed by atoms with van der Waals surface area (Å²) in [6, 6.07) is 0. The van der Waals surface area contributed by atoms with E-state index in [0.29, 0.717) is 0 Å². The second-order valence-corrected chi connectivity index (χ2v) is 3.39. The summed E-state index contributed by atoms with van der Waals surface area (Å²) in [6.07, 6.45) is 10.6. The molecule has 0 saturated carbocycles. The topological polar surface area (TPSA) is 3.24 Å². The maximum Gasteiger partial charge on any atom is 0.0359 e. The van der Waals surface area contributed by atoms with Crippen molar-refractivity contribution in [1.82, 2.24) is 4.90 Å². The van der Waals surface area contributed by atoms with E-state index in [2.05, 4.69) is 37.0 Å². The van der Waals surface area contributed by atoms with Crippen molar-refractivity contribution in [3.63, 3.8) is 0 Å². The van der Waals surface area contributed by atoms with Crippen molar-refractivity contribution in [3.8, 4) is 0 Å². The van der Waals surface area contributed by atoms with Crippen LogP contribution >= 0.6 is 0 Å². The molecule has 0 bridgehead atoms. The molecule has 0 aliphatic carbocycles. The lowest BCUT2D eigenvalue weighted by atomic mass is 10.2. The van der Waals surface area contributed by atoms with E-state index < -0.39 is 0 Å². The maximum absolute atomic E-state index is 2.44. The summed E-state index contributed by atoms with van der Waals surface area (Å²) in [6.45, 7) is 6.76. The molecule has 12 heavy (non-hydrogen) atoms. The van der Waals surface area contributed by atoms with Crippen LogP contribution in [0.5, 0.6) is 0 Å². The van der Waals surface area contributed by atoms with Crippen LogP contribution in [0.15, 0.2) is 23.9 Å². The fourth-order valence-electron chi connectivity index (χ4n) is 1.47. The van der Waals surface area contributed by atoms with Gasteiger partial charge in [0, 0.05) is 18.8 Å². The van der Waals surface area contributed by atoms with Crippen LogP contribution in [0.1, 0.15) is 33.1 Å². The summed E-state index contributed by atoms with van der Waals surface area (Å²) in [7, 11) is 0. The first-order valence-corrected chi connectivity index (χ1v) is 4.93. The minimum atomic E-state index is 1.10. The van der Waals surface area contributed by atoms with Crippen LogP contribution in [0.25, 0.3) is 0 Å². The smallest absolute Gasteiger partial charge is 0.0359 e. The summed E-state index contributed by atoms with van der Waals surface area (Å²) in [5.41, 5.74) is 1.41. The molecule has 1 nitrogen and oxygen atoms in total. The normalized spacial score (nSPS) is 16.5. The maximum atomic E-state index is 2.44. The Hall–Kier alpha value is -0.720. The van der Waals surface area contributed by atoms with E-state index in [-0.39, 0.29) is 0 Å². The molecule has 0 unspecified atom stereocenters. The Kier molecular flexibility index (Phi) is 3.92. The van der Waals surface area contributed by atoms with E-state index in [1.807, 2.05) is 0 Å². The molecule has 0 aromatic carbocycles. The van der Waals surface area contributed by atoms with Crippen LogP contribution in [0, 0.1) is 0 Å². The van der Waals surface area contributed by atoms with Gasteiger partial charge in [-0.3, -0.25) is 0 Å². The van der Waals surface area contributed by atoms with Crippen molar-refractivity contribution in [2.24, 2.45) is 0 Å². The molecule has 0 saturated heterocycles. The Bertz CT molecular complexity index is 179. The molecule has 0 spiro atoms. The van der Waals surface area contributed by atoms with Crippen molar-refractivity contribution >= 4 is 0 Å². The number of unbranched alkanes of at least 4 members (excludes halogenated alkanes) is 2. The number of hydrogen-bond donors (Lipinski definition) is 0. The highest BCUT2D eigenvalue weighted by molar-refractivity contribution is 5.15. The van der Waals surface area contributed by atoms with Gasteiger partial charge >= 0.3 is 0 Å². The molecule has 0 fully saturated rings. The van der Waals surface area contributed by atoms with Crippen LogP contribution in [-0.4, -0.2) is 18.0 Å². The molecule has 0 atom stereocenters. The van der Waals surface area contributed by atoms with E-state index in [4.69, 9.17) is 0 Å². The molecule has 1 heteroatoms. The summed E-state index contributed by atoms with van der Waals surface area (Å²) >= 11 is 0. The largest absolute Gasteiger partial charge is 0.371 e. The third-order valence-electron chi connectivity index (χ3n) is 2.33. The predicted octanol–water partition coefficient (Wildman–Crippen LogP) is 2.95. The Morgan fingerprint density at radius 3 is 2.92 bits per heavy atom. The number of nitrogens with zero attached hydrogens (tertiary/aromatic N) is 1. The van der Waals surface area contributed by atoms with Crippen LogP contribution in [-0.2, 0) is 0 Å². The van der Waals surface area contributed by atoms with Gasteiger partial charge in [-0.05, 0) is 19.4 Å². The van der Waals surface area contributed by atoms with E-state index in [9.17, 15) is 0 Å². The molecule has 0 aromatic heterocycles. The number of hydrogen-bond acceptors (Lipinski definition) is 1. The van der Waals surface area contributed by atoms with Gasteiger partial charge in [0.2, 0.25) is 0 Å². The Morgan fingerprint density at radius 2 is 2.25 bits per heavy atom. The second-order valence-electron chi connectivity index (χ2n) is 3.39. The molecular weight excluding hydrogens is 146 g/mol. The predicted molar refractivity (Wildman–Crippen MR) is 54.0 cm³/mol. The van der Waals surface area contributed by atoms with E-state index >= 15 is 0 Å². The van der Waals surface area contributed by atoms with Crippen LogP contribution in [0.4, 0.5) is 0 Å². The highest BCUT2D eigenvalue weighted by Crippen LogP contribution is 2.10. The van der Waals surface area contributed by atoms with Gasteiger partial charge in [-0.2, -0.15) is 0 Å².